The molecule has 1 N–H and O–H groups in total. The largest absolute Gasteiger partial charge is 0.348 e. The Balaban J connectivity index is 1.87. The number of carbonyl (C=O) groups is 1. The van der Waals surface area contributed by atoms with E-state index in [1.165, 1.54) is 0 Å². The van der Waals surface area contributed by atoms with Crippen LogP contribution < -0.4 is 5.32 Å². The van der Waals surface area contributed by atoms with Crippen LogP contribution in [0.2, 0.25) is 0 Å². The highest BCUT2D eigenvalue weighted by molar-refractivity contribution is 9.10. The van der Waals surface area contributed by atoms with E-state index < -0.39 is 15.3 Å². The SMILES string of the molecule is CC(C)(C(=O)NC1CCS(=O)(=O)c2ccccc21)c1ccc(Br)cc1. The van der Waals surface area contributed by atoms with Gasteiger partial charge in [0.1, 0.15) is 0 Å². The van der Waals surface area contributed by atoms with Gasteiger partial charge in [-0.15, -0.1) is 0 Å². The van der Waals surface area contributed by atoms with Crippen LogP contribution >= 0.6 is 15.9 Å². The summed E-state index contributed by atoms with van der Waals surface area (Å²) in [5, 5.41) is 3.05. The summed E-state index contributed by atoms with van der Waals surface area (Å²) in [6, 6.07) is 14.3. The van der Waals surface area contributed by atoms with Gasteiger partial charge in [0.25, 0.3) is 0 Å². The Hall–Kier alpha value is -1.66. The second-order valence-electron chi connectivity index (χ2n) is 6.80. The molecule has 2 aromatic rings. The van der Waals surface area contributed by atoms with E-state index >= 15 is 0 Å². The minimum Gasteiger partial charge on any atom is -0.348 e. The first-order valence-electron chi connectivity index (χ1n) is 8.10. The predicted octanol–water partition coefficient (Wildman–Crippen LogP) is 3.76. The summed E-state index contributed by atoms with van der Waals surface area (Å²) >= 11 is 3.40. The Labute approximate surface area is 156 Å². The average molecular weight is 422 g/mol. The lowest BCUT2D eigenvalue weighted by molar-refractivity contribution is -0.126. The number of benzene rings is 2. The first kappa shape index (κ1) is 18.1. The van der Waals surface area contributed by atoms with Crippen LogP contribution in [0.5, 0.6) is 0 Å². The maximum atomic E-state index is 12.9. The second-order valence-corrected chi connectivity index (χ2v) is 9.80. The fraction of sp³-hybridized carbons (Fsp3) is 0.316. The van der Waals surface area contributed by atoms with E-state index in [1.807, 2.05) is 38.1 Å². The number of rotatable bonds is 3. The fourth-order valence-electron chi connectivity index (χ4n) is 3.08. The zero-order chi connectivity index (χ0) is 18.2. The summed E-state index contributed by atoms with van der Waals surface area (Å²) < 4.78 is 25.4. The van der Waals surface area contributed by atoms with Crippen LogP contribution in [0.15, 0.2) is 57.9 Å². The predicted molar refractivity (Wildman–Crippen MR) is 101 cm³/mol. The molecule has 1 amide bonds. The van der Waals surface area contributed by atoms with Crippen molar-refractivity contribution in [1.82, 2.24) is 5.32 Å². The van der Waals surface area contributed by atoms with Gasteiger partial charge in [-0.25, -0.2) is 8.42 Å². The number of nitrogens with one attached hydrogen (secondary N) is 1. The van der Waals surface area contributed by atoms with Crippen LogP contribution in [-0.2, 0) is 20.0 Å². The maximum absolute atomic E-state index is 12.9. The number of halogens is 1. The standard InChI is InChI=1S/C19H20BrNO3S/c1-19(2,13-7-9-14(20)10-8-13)18(22)21-16-11-12-25(23,24)17-6-4-3-5-15(16)17/h3-10,16H,11-12H2,1-2H3,(H,21,22). The molecular formula is C19H20BrNO3S. The van der Waals surface area contributed by atoms with Gasteiger partial charge in [0.05, 0.1) is 22.1 Å². The molecule has 0 spiro atoms. The Kier molecular flexibility index (Phi) is 4.77. The highest BCUT2D eigenvalue weighted by atomic mass is 79.9. The van der Waals surface area contributed by atoms with Gasteiger partial charge in [-0.05, 0) is 49.6 Å². The Morgan fingerprint density at radius 1 is 1.12 bits per heavy atom. The molecule has 4 nitrogen and oxygen atoms in total. The fourth-order valence-corrected chi connectivity index (χ4v) is 4.96. The number of carbonyl (C=O) groups excluding carboxylic acids is 1. The zero-order valence-corrected chi connectivity index (χ0v) is 16.5. The summed E-state index contributed by atoms with van der Waals surface area (Å²) in [6.45, 7) is 3.74. The maximum Gasteiger partial charge on any atom is 0.230 e. The topological polar surface area (TPSA) is 63.2 Å². The minimum absolute atomic E-state index is 0.0493. The van der Waals surface area contributed by atoms with Crippen molar-refractivity contribution in [1.29, 1.82) is 0 Å². The van der Waals surface area contributed by atoms with Crippen LogP contribution in [0.4, 0.5) is 0 Å². The molecule has 1 aliphatic rings. The molecule has 0 aliphatic carbocycles. The van der Waals surface area contributed by atoms with Crippen LogP contribution in [0.1, 0.15) is 37.4 Å². The lowest BCUT2D eigenvalue weighted by atomic mass is 9.83. The highest BCUT2D eigenvalue weighted by Crippen LogP contribution is 2.33. The Bertz CT molecular complexity index is 905. The van der Waals surface area contributed by atoms with E-state index in [0.717, 1.165) is 10.0 Å². The third-order valence-corrected chi connectivity index (χ3v) is 7.09. The summed E-state index contributed by atoms with van der Waals surface area (Å²) in [5.74, 6) is -0.0675. The minimum atomic E-state index is -3.26. The van der Waals surface area contributed by atoms with Gasteiger partial charge in [0, 0.05) is 4.47 Å². The van der Waals surface area contributed by atoms with Gasteiger partial charge in [0.2, 0.25) is 5.91 Å². The molecule has 1 unspecified atom stereocenters. The van der Waals surface area contributed by atoms with Crippen molar-refractivity contribution in [3.63, 3.8) is 0 Å². The van der Waals surface area contributed by atoms with Crippen LogP contribution in [-0.4, -0.2) is 20.1 Å². The number of sulfone groups is 1. The van der Waals surface area contributed by atoms with E-state index in [2.05, 4.69) is 21.2 Å². The van der Waals surface area contributed by atoms with Crippen molar-refractivity contribution in [3.05, 3.63) is 64.1 Å². The Morgan fingerprint density at radius 3 is 2.44 bits per heavy atom. The number of hydrogen-bond donors (Lipinski definition) is 1. The molecule has 3 rings (SSSR count). The molecule has 6 heteroatoms. The van der Waals surface area contributed by atoms with Crippen molar-refractivity contribution < 1.29 is 13.2 Å². The van der Waals surface area contributed by atoms with E-state index in [4.69, 9.17) is 0 Å². The molecule has 0 aromatic heterocycles. The van der Waals surface area contributed by atoms with Crippen molar-refractivity contribution in [2.75, 3.05) is 5.75 Å². The van der Waals surface area contributed by atoms with Gasteiger partial charge in [0.15, 0.2) is 9.84 Å². The molecule has 2 aromatic carbocycles. The molecule has 1 aliphatic heterocycles. The van der Waals surface area contributed by atoms with Gasteiger partial charge in [-0.3, -0.25) is 4.79 Å². The highest BCUT2D eigenvalue weighted by Gasteiger charge is 2.35. The molecule has 0 saturated carbocycles. The number of amides is 1. The first-order valence-corrected chi connectivity index (χ1v) is 10.5. The lowest BCUT2D eigenvalue weighted by Gasteiger charge is -2.31. The van der Waals surface area contributed by atoms with Crippen LogP contribution in [0, 0.1) is 0 Å². The lowest BCUT2D eigenvalue weighted by Crippen LogP contribution is -2.43. The smallest absolute Gasteiger partial charge is 0.230 e. The van der Waals surface area contributed by atoms with Gasteiger partial charge < -0.3 is 5.32 Å². The van der Waals surface area contributed by atoms with Crippen molar-refractivity contribution in [2.45, 2.75) is 36.6 Å². The molecule has 132 valence electrons. The molecule has 1 heterocycles. The second kappa shape index (κ2) is 6.57. The molecule has 25 heavy (non-hydrogen) atoms. The average Bonchev–Trinajstić information content (AvgIpc) is 2.58. The van der Waals surface area contributed by atoms with Gasteiger partial charge in [-0.1, -0.05) is 46.3 Å². The zero-order valence-electron chi connectivity index (χ0n) is 14.1. The van der Waals surface area contributed by atoms with E-state index in [1.54, 1.807) is 24.3 Å². The molecule has 0 saturated heterocycles. The summed E-state index contributed by atoms with van der Waals surface area (Å²) in [4.78, 5) is 13.2. The Morgan fingerprint density at radius 2 is 1.76 bits per heavy atom. The number of fused-ring (bicyclic) bond motifs is 1. The molecule has 1 atom stereocenters. The van der Waals surface area contributed by atoms with Crippen LogP contribution in [0.25, 0.3) is 0 Å². The molecule has 0 fully saturated rings. The van der Waals surface area contributed by atoms with E-state index in [-0.39, 0.29) is 17.7 Å². The number of hydrogen-bond acceptors (Lipinski definition) is 3. The molecular weight excluding hydrogens is 402 g/mol. The monoisotopic (exact) mass is 421 g/mol. The van der Waals surface area contributed by atoms with Gasteiger partial charge in [-0.2, -0.15) is 0 Å². The normalized spacial score (nSPS) is 19.1. The third-order valence-electron chi connectivity index (χ3n) is 4.74. The van der Waals surface area contributed by atoms with Gasteiger partial charge >= 0.3 is 0 Å². The first-order chi connectivity index (χ1) is 11.7. The summed E-state index contributed by atoms with van der Waals surface area (Å²) in [5.41, 5.74) is 0.866. The molecule has 0 radical (unpaired) electrons. The van der Waals surface area contributed by atoms with Crippen molar-refractivity contribution >= 4 is 31.7 Å². The van der Waals surface area contributed by atoms with Crippen molar-refractivity contribution in [2.24, 2.45) is 0 Å². The summed E-state index contributed by atoms with van der Waals surface area (Å²) in [6.07, 6.45) is 0.390. The van der Waals surface area contributed by atoms with E-state index in [9.17, 15) is 13.2 Å². The van der Waals surface area contributed by atoms with Crippen molar-refractivity contribution in [3.8, 4) is 0 Å². The van der Waals surface area contributed by atoms with E-state index in [0.29, 0.717) is 16.9 Å². The van der Waals surface area contributed by atoms with Crippen LogP contribution in [0.3, 0.4) is 0 Å². The third kappa shape index (κ3) is 3.51. The quantitative estimate of drug-likeness (QED) is 0.820. The summed E-state index contributed by atoms with van der Waals surface area (Å²) in [7, 11) is -3.26. The molecule has 0 bridgehead atoms.